The Bertz CT molecular complexity index is 1070. The zero-order valence-electron chi connectivity index (χ0n) is 19.1. The van der Waals surface area contributed by atoms with Gasteiger partial charge in [-0.15, -0.1) is 11.3 Å². The van der Waals surface area contributed by atoms with Crippen LogP contribution in [0.2, 0.25) is 0 Å². The number of pyridine rings is 1. The van der Waals surface area contributed by atoms with Gasteiger partial charge in [-0.1, -0.05) is 6.07 Å². The highest BCUT2D eigenvalue weighted by Gasteiger charge is 2.33. The summed E-state index contributed by atoms with van der Waals surface area (Å²) >= 11 is 1.62. The third kappa shape index (κ3) is 6.63. The molecule has 6 N–H and O–H groups in total. The van der Waals surface area contributed by atoms with Crippen LogP contribution in [0.1, 0.15) is 59.3 Å². The van der Waals surface area contributed by atoms with E-state index in [1.807, 2.05) is 6.07 Å². The summed E-state index contributed by atoms with van der Waals surface area (Å²) in [5, 5.41) is 6.89. The molecule has 2 amide bonds. The number of carbonyl (C=O) groups is 2. The molecule has 3 aliphatic carbocycles. The van der Waals surface area contributed by atoms with Crippen LogP contribution in [-0.4, -0.2) is 35.6 Å². The second-order valence-electron chi connectivity index (χ2n) is 8.77. The maximum absolute atomic E-state index is 12.6. The van der Waals surface area contributed by atoms with Crippen LogP contribution in [0.4, 0.5) is 10.8 Å². The molecular formula is C24H31N7O2S. The summed E-state index contributed by atoms with van der Waals surface area (Å²) in [5.41, 5.74) is 12.3. The normalized spacial score (nSPS) is 17.5. The summed E-state index contributed by atoms with van der Waals surface area (Å²) in [7, 11) is 0. The predicted molar refractivity (Wildman–Crippen MR) is 136 cm³/mol. The number of nitrogens with one attached hydrogen (secondary N) is 2. The summed E-state index contributed by atoms with van der Waals surface area (Å²) in [6.45, 7) is 0.777. The molecule has 0 unspecified atom stereocenters. The van der Waals surface area contributed by atoms with Crippen molar-refractivity contribution in [3.8, 4) is 0 Å². The lowest BCUT2D eigenvalue weighted by Crippen LogP contribution is -2.27. The first kappa shape index (κ1) is 23.9. The van der Waals surface area contributed by atoms with Crippen LogP contribution < -0.4 is 22.1 Å². The zero-order valence-corrected chi connectivity index (χ0v) is 19.9. The molecular weight excluding hydrogens is 450 g/mol. The number of anilines is 1. The van der Waals surface area contributed by atoms with E-state index in [2.05, 4.69) is 25.6 Å². The second-order valence-corrected chi connectivity index (χ2v) is 9.87. The number of aliphatic imine (C=N–C) groups is 2. The van der Waals surface area contributed by atoms with E-state index in [-0.39, 0.29) is 23.7 Å². The van der Waals surface area contributed by atoms with E-state index in [0.717, 1.165) is 55.6 Å². The minimum Gasteiger partial charge on any atom is -0.390 e. The Hall–Kier alpha value is -3.27. The van der Waals surface area contributed by atoms with Gasteiger partial charge in [-0.25, -0.2) is 9.98 Å². The molecule has 2 fully saturated rings. The van der Waals surface area contributed by atoms with Crippen molar-refractivity contribution in [2.75, 3.05) is 11.9 Å². The van der Waals surface area contributed by atoms with Crippen LogP contribution in [0, 0.1) is 11.8 Å². The summed E-state index contributed by atoms with van der Waals surface area (Å²) in [6.07, 6.45) is 11.5. The van der Waals surface area contributed by atoms with Gasteiger partial charge in [0.05, 0.1) is 11.9 Å². The third-order valence-corrected chi connectivity index (χ3v) is 7.12. The SMILES string of the molecule is N/C=N\C(N)=N\c1ccccn1.O=C(NCC1CC1)c1c(NC(=O)C2CC2)sc2c1CCCC2. The van der Waals surface area contributed by atoms with Crippen molar-refractivity contribution in [1.82, 2.24) is 10.3 Å². The van der Waals surface area contributed by atoms with E-state index in [1.54, 1.807) is 29.7 Å². The van der Waals surface area contributed by atoms with Crippen molar-refractivity contribution in [2.24, 2.45) is 33.3 Å². The van der Waals surface area contributed by atoms with E-state index < -0.39 is 0 Å². The first-order valence-electron chi connectivity index (χ1n) is 11.8. The molecule has 0 atom stereocenters. The Balaban J connectivity index is 0.000000195. The molecule has 2 aromatic rings. The average molecular weight is 482 g/mol. The Morgan fingerprint density at radius 1 is 1.18 bits per heavy atom. The number of guanidine groups is 1. The number of nitrogens with two attached hydrogens (primary N) is 2. The standard InChI is InChI=1S/C17H22N2O2S.C7H9N5/c20-15(11-7-8-11)19-17-14(16(21)18-9-10-5-6-10)12-3-1-2-4-13(12)22-17;8-5-11-7(9)12-6-3-1-2-4-10-6/h10-11H,1-9H2,(H,18,21)(H,19,20);1-5H,(H4,8,9,10,11,12). The Morgan fingerprint density at radius 3 is 2.65 bits per heavy atom. The topological polar surface area (TPSA) is 148 Å². The first-order valence-corrected chi connectivity index (χ1v) is 12.6. The fraction of sp³-hybridized carbons (Fsp3) is 0.458. The molecule has 9 nitrogen and oxygen atoms in total. The molecule has 0 saturated heterocycles. The van der Waals surface area contributed by atoms with Crippen LogP contribution in [0.25, 0.3) is 0 Å². The van der Waals surface area contributed by atoms with Crippen LogP contribution in [0.5, 0.6) is 0 Å². The van der Waals surface area contributed by atoms with Crippen molar-refractivity contribution in [2.45, 2.75) is 51.4 Å². The number of carbonyl (C=O) groups excluding carboxylic acids is 2. The van der Waals surface area contributed by atoms with Gasteiger partial charge in [0, 0.05) is 23.5 Å². The van der Waals surface area contributed by atoms with Crippen molar-refractivity contribution in [3.05, 3.63) is 40.4 Å². The van der Waals surface area contributed by atoms with Crippen LogP contribution in [0.15, 0.2) is 34.4 Å². The van der Waals surface area contributed by atoms with E-state index in [0.29, 0.717) is 11.7 Å². The minimum absolute atomic E-state index is 0.0115. The fourth-order valence-corrected chi connectivity index (χ4v) is 5.03. The number of hydrogen-bond acceptors (Lipinski definition) is 5. The first-order chi connectivity index (χ1) is 16.5. The van der Waals surface area contributed by atoms with E-state index in [9.17, 15) is 9.59 Å². The quantitative estimate of drug-likeness (QED) is 0.369. The predicted octanol–water partition coefficient (Wildman–Crippen LogP) is 3.13. The van der Waals surface area contributed by atoms with Gasteiger partial charge in [0.2, 0.25) is 11.9 Å². The lowest BCUT2D eigenvalue weighted by molar-refractivity contribution is -0.117. The van der Waals surface area contributed by atoms with Crippen molar-refractivity contribution < 1.29 is 9.59 Å². The molecule has 0 radical (unpaired) electrons. The molecule has 0 aliphatic heterocycles. The lowest BCUT2D eigenvalue weighted by Gasteiger charge is -2.13. The van der Waals surface area contributed by atoms with E-state index in [4.69, 9.17) is 11.5 Å². The molecule has 5 rings (SSSR count). The number of aromatic nitrogens is 1. The molecule has 3 aliphatic rings. The van der Waals surface area contributed by atoms with Gasteiger partial charge >= 0.3 is 0 Å². The molecule has 180 valence electrons. The molecule has 2 saturated carbocycles. The van der Waals surface area contributed by atoms with E-state index in [1.165, 1.54) is 29.7 Å². The summed E-state index contributed by atoms with van der Waals surface area (Å²) in [6, 6.07) is 5.32. The van der Waals surface area contributed by atoms with Gasteiger partial charge in [0.1, 0.15) is 5.00 Å². The number of hydrogen-bond donors (Lipinski definition) is 4. The number of thiophene rings is 1. The van der Waals surface area contributed by atoms with Gasteiger partial charge < -0.3 is 22.1 Å². The highest BCUT2D eigenvalue weighted by Crippen LogP contribution is 2.40. The van der Waals surface area contributed by atoms with E-state index >= 15 is 0 Å². The molecule has 34 heavy (non-hydrogen) atoms. The van der Waals surface area contributed by atoms with Gasteiger partial charge in [0.15, 0.2) is 5.82 Å². The van der Waals surface area contributed by atoms with Crippen LogP contribution in [-0.2, 0) is 17.6 Å². The molecule has 0 aromatic carbocycles. The number of fused-ring (bicyclic) bond motifs is 1. The minimum atomic E-state index is 0.0115. The van der Waals surface area contributed by atoms with Crippen molar-refractivity contribution in [3.63, 3.8) is 0 Å². The molecule has 2 heterocycles. The Morgan fingerprint density at radius 2 is 1.97 bits per heavy atom. The fourth-order valence-electron chi connectivity index (χ4n) is 3.74. The maximum atomic E-state index is 12.6. The highest BCUT2D eigenvalue weighted by atomic mass is 32.1. The number of nitrogens with zero attached hydrogens (tertiary/aromatic N) is 3. The lowest BCUT2D eigenvalue weighted by atomic mass is 9.95. The van der Waals surface area contributed by atoms with Crippen molar-refractivity contribution in [1.29, 1.82) is 0 Å². The second kappa shape index (κ2) is 11.2. The smallest absolute Gasteiger partial charge is 0.254 e. The third-order valence-electron chi connectivity index (χ3n) is 5.92. The Kier molecular flexibility index (Phi) is 7.89. The average Bonchev–Trinajstić information content (AvgIpc) is 3.75. The summed E-state index contributed by atoms with van der Waals surface area (Å²) in [5.74, 6) is 1.55. The van der Waals surface area contributed by atoms with Crippen LogP contribution >= 0.6 is 11.3 Å². The largest absolute Gasteiger partial charge is 0.390 e. The number of rotatable bonds is 6. The van der Waals surface area contributed by atoms with Gasteiger partial charge in [-0.2, -0.15) is 4.99 Å². The zero-order chi connectivity index (χ0) is 23.9. The van der Waals surface area contributed by atoms with Crippen molar-refractivity contribution >= 4 is 46.3 Å². The molecule has 0 spiro atoms. The number of aryl methyl sites for hydroxylation is 1. The number of amides is 2. The van der Waals surface area contributed by atoms with Gasteiger partial charge in [-0.05, 0) is 75.0 Å². The van der Waals surface area contributed by atoms with Crippen LogP contribution in [0.3, 0.4) is 0 Å². The monoisotopic (exact) mass is 481 g/mol. The summed E-state index contributed by atoms with van der Waals surface area (Å²) < 4.78 is 0. The maximum Gasteiger partial charge on any atom is 0.254 e. The Labute approximate surface area is 203 Å². The van der Waals surface area contributed by atoms with Gasteiger partial charge in [-0.3, -0.25) is 9.59 Å². The summed E-state index contributed by atoms with van der Waals surface area (Å²) in [4.78, 5) is 37.4. The molecule has 10 heteroatoms. The molecule has 2 aromatic heterocycles. The molecule has 0 bridgehead atoms. The highest BCUT2D eigenvalue weighted by molar-refractivity contribution is 7.17. The van der Waals surface area contributed by atoms with Gasteiger partial charge in [0.25, 0.3) is 5.91 Å².